The fourth-order valence-corrected chi connectivity index (χ4v) is 2.45. The van der Waals surface area contributed by atoms with Gasteiger partial charge >= 0.3 is 0 Å². The minimum Gasteiger partial charge on any atom is -0.382 e. The molecular formula is C15H21NO3. The maximum atomic E-state index is 11.8. The van der Waals surface area contributed by atoms with Crippen LogP contribution in [0.4, 0.5) is 0 Å². The third-order valence-corrected chi connectivity index (χ3v) is 3.37. The Morgan fingerprint density at radius 3 is 3.05 bits per heavy atom. The number of benzene rings is 1. The minimum absolute atomic E-state index is 0.0576. The van der Waals surface area contributed by atoms with Crippen LogP contribution in [0.3, 0.4) is 0 Å². The largest absolute Gasteiger partial charge is 0.382 e. The molecule has 0 fully saturated rings. The van der Waals surface area contributed by atoms with Crippen molar-refractivity contribution in [3.05, 3.63) is 35.4 Å². The smallest absolute Gasteiger partial charge is 0.246 e. The highest BCUT2D eigenvalue weighted by atomic mass is 16.5. The Morgan fingerprint density at radius 2 is 2.21 bits per heavy atom. The molecule has 4 heteroatoms. The zero-order valence-corrected chi connectivity index (χ0v) is 11.4. The second-order valence-corrected chi connectivity index (χ2v) is 4.76. The molecule has 0 unspecified atom stereocenters. The van der Waals surface area contributed by atoms with Crippen LogP contribution in [0, 0.1) is 0 Å². The van der Waals surface area contributed by atoms with Crippen LogP contribution in [0.5, 0.6) is 0 Å². The van der Waals surface area contributed by atoms with Crippen LogP contribution in [-0.4, -0.2) is 32.8 Å². The Labute approximate surface area is 114 Å². The Hall–Kier alpha value is -1.39. The summed E-state index contributed by atoms with van der Waals surface area (Å²) in [4.78, 5) is 11.8. The van der Waals surface area contributed by atoms with E-state index >= 15 is 0 Å². The van der Waals surface area contributed by atoms with E-state index in [1.807, 2.05) is 6.07 Å². The molecule has 1 aromatic rings. The summed E-state index contributed by atoms with van der Waals surface area (Å²) in [7, 11) is 1.61. The topological polar surface area (TPSA) is 47.6 Å². The van der Waals surface area contributed by atoms with Gasteiger partial charge in [-0.2, -0.15) is 0 Å². The predicted octanol–water partition coefficient (Wildman–Crippen LogP) is 1.84. The minimum atomic E-state index is -0.0576. The number of nitrogens with one attached hydrogen (secondary N) is 1. The van der Waals surface area contributed by atoms with Crippen molar-refractivity contribution in [1.29, 1.82) is 0 Å². The van der Waals surface area contributed by atoms with Crippen molar-refractivity contribution in [2.45, 2.75) is 25.3 Å². The number of rotatable bonds is 6. The third-order valence-electron chi connectivity index (χ3n) is 3.37. The maximum absolute atomic E-state index is 11.8. The Bertz CT molecular complexity index is 420. The summed E-state index contributed by atoms with van der Waals surface area (Å²) < 4.78 is 10.1. The average molecular weight is 263 g/mol. The number of carbonyl (C=O) groups excluding carboxylic acids is 1. The molecule has 0 radical (unpaired) electrons. The van der Waals surface area contributed by atoms with Crippen molar-refractivity contribution in [1.82, 2.24) is 5.32 Å². The molecule has 104 valence electrons. The summed E-state index contributed by atoms with van der Waals surface area (Å²) in [5, 5.41) is 3.05. The number of aryl methyl sites for hydroxylation is 1. The summed E-state index contributed by atoms with van der Waals surface area (Å²) in [6.07, 6.45) is 3.22. The van der Waals surface area contributed by atoms with Gasteiger partial charge < -0.3 is 14.8 Å². The first kappa shape index (κ1) is 14.0. The van der Waals surface area contributed by atoms with Crippen molar-refractivity contribution >= 4 is 5.91 Å². The van der Waals surface area contributed by atoms with Gasteiger partial charge in [0.25, 0.3) is 0 Å². The fourth-order valence-electron chi connectivity index (χ4n) is 2.45. The van der Waals surface area contributed by atoms with E-state index in [4.69, 9.17) is 9.47 Å². The molecule has 1 amide bonds. The molecular weight excluding hydrogens is 242 g/mol. The lowest BCUT2D eigenvalue weighted by Gasteiger charge is -2.26. The van der Waals surface area contributed by atoms with Gasteiger partial charge in [-0.15, -0.1) is 0 Å². The fraction of sp³-hybridized carbons (Fsp3) is 0.533. The Kier molecular flexibility index (Phi) is 5.36. The van der Waals surface area contributed by atoms with E-state index in [-0.39, 0.29) is 18.6 Å². The Balaban J connectivity index is 1.85. The molecule has 19 heavy (non-hydrogen) atoms. The van der Waals surface area contributed by atoms with Crippen LogP contribution in [0.2, 0.25) is 0 Å². The van der Waals surface area contributed by atoms with Gasteiger partial charge in [-0.25, -0.2) is 0 Å². The van der Waals surface area contributed by atoms with Gasteiger partial charge in [-0.05, 0) is 30.4 Å². The van der Waals surface area contributed by atoms with Gasteiger partial charge in [0, 0.05) is 7.11 Å². The highest BCUT2D eigenvalue weighted by Crippen LogP contribution is 2.29. The van der Waals surface area contributed by atoms with Gasteiger partial charge in [0.2, 0.25) is 5.91 Å². The molecule has 1 atom stereocenters. The normalized spacial score (nSPS) is 17.8. The molecule has 2 rings (SSSR count). The predicted molar refractivity (Wildman–Crippen MR) is 73.0 cm³/mol. The maximum Gasteiger partial charge on any atom is 0.246 e. The highest BCUT2D eigenvalue weighted by Gasteiger charge is 2.21. The molecule has 1 aliphatic carbocycles. The van der Waals surface area contributed by atoms with Gasteiger partial charge in [0.1, 0.15) is 6.61 Å². The van der Waals surface area contributed by atoms with E-state index < -0.39 is 0 Å². The molecule has 0 aromatic heterocycles. The lowest BCUT2D eigenvalue weighted by atomic mass is 9.88. The van der Waals surface area contributed by atoms with E-state index in [0.29, 0.717) is 13.2 Å². The van der Waals surface area contributed by atoms with Crippen LogP contribution in [0.25, 0.3) is 0 Å². The van der Waals surface area contributed by atoms with Crippen molar-refractivity contribution in [3.63, 3.8) is 0 Å². The molecule has 0 saturated carbocycles. The van der Waals surface area contributed by atoms with Gasteiger partial charge in [-0.1, -0.05) is 24.3 Å². The second kappa shape index (κ2) is 7.26. The zero-order valence-electron chi connectivity index (χ0n) is 11.4. The first-order valence-electron chi connectivity index (χ1n) is 6.75. The third kappa shape index (κ3) is 4.04. The van der Waals surface area contributed by atoms with Crippen molar-refractivity contribution < 1.29 is 14.3 Å². The number of hydrogen-bond donors (Lipinski definition) is 1. The monoisotopic (exact) mass is 263 g/mol. The summed E-state index contributed by atoms with van der Waals surface area (Å²) in [5.74, 6) is -0.0576. The molecule has 0 saturated heterocycles. The zero-order chi connectivity index (χ0) is 13.5. The highest BCUT2D eigenvalue weighted by molar-refractivity contribution is 5.77. The lowest BCUT2D eigenvalue weighted by molar-refractivity contribution is -0.127. The number of methoxy groups -OCH3 is 1. The standard InChI is InChI=1S/C15H21NO3/c1-18-9-10-19-11-15(17)16-14-8-4-6-12-5-2-3-7-13(12)14/h2-3,5,7,14H,4,6,8-11H2,1H3,(H,16,17)/t14-/m1/s1. The first-order valence-corrected chi connectivity index (χ1v) is 6.75. The number of ether oxygens (including phenoxy) is 2. The van der Waals surface area contributed by atoms with Crippen molar-refractivity contribution in [2.75, 3.05) is 26.9 Å². The quantitative estimate of drug-likeness (QED) is 0.797. The molecule has 1 aliphatic rings. The number of fused-ring (bicyclic) bond motifs is 1. The lowest BCUT2D eigenvalue weighted by Crippen LogP contribution is -2.33. The van der Waals surface area contributed by atoms with Crippen LogP contribution < -0.4 is 5.32 Å². The van der Waals surface area contributed by atoms with Crippen LogP contribution >= 0.6 is 0 Å². The molecule has 4 nitrogen and oxygen atoms in total. The average Bonchev–Trinajstić information content (AvgIpc) is 2.44. The molecule has 1 N–H and O–H groups in total. The van der Waals surface area contributed by atoms with Crippen molar-refractivity contribution in [2.24, 2.45) is 0 Å². The number of carbonyl (C=O) groups is 1. The summed E-state index contributed by atoms with van der Waals surface area (Å²) in [6, 6.07) is 8.45. The van der Waals surface area contributed by atoms with Gasteiger partial charge in [0.15, 0.2) is 0 Å². The molecule has 0 bridgehead atoms. The summed E-state index contributed by atoms with van der Waals surface area (Å²) >= 11 is 0. The molecule has 0 spiro atoms. The summed E-state index contributed by atoms with van der Waals surface area (Å²) in [6.45, 7) is 1.06. The van der Waals surface area contributed by atoms with Crippen LogP contribution in [0.1, 0.15) is 30.0 Å². The van der Waals surface area contributed by atoms with E-state index in [2.05, 4.69) is 23.5 Å². The summed E-state index contributed by atoms with van der Waals surface area (Å²) in [5.41, 5.74) is 2.60. The van der Waals surface area contributed by atoms with Gasteiger partial charge in [-0.3, -0.25) is 4.79 Å². The van der Waals surface area contributed by atoms with E-state index in [1.165, 1.54) is 11.1 Å². The van der Waals surface area contributed by atoms with Crippen LogP contribution in [-0.2, 0) is 20.7 Å². The van der Waals surface area contributed by atoms with Gasteiger partial charge in [0.05, 0.1) is 19.3 Å². The van der Waals surface area contributed by atoms with E-state index in [0.717, 1.165) is 19.3 Å². The molecule has 0 heterocycles. The Morgan fingerprint density at radius 1 is 1.37 bits per heavy atom. The molecule has 1 aromatic carbocycles. The molecule has 0 aliphatic heterocycles. The van der Waals surface area contributed by atoms with Crippen molar-refractivity contribution in [3.8, 4) is 0 Å². The van der Waals surface area contributed by atoms with E-state index in [1.54, 1.807) is 7.11 Å². The van der Waals surface area contributed by atoms with E-state index in [9.17, 15) is 4.79 Å². The number of amides is 1. The first-order chi connectivity index (χ1) is 9.31. The second-order valence-electron chi connectivity index (χ2n) is 4.76. The SMILES string of the molecule is COCCOCC(=O)N[C@@H]1CCCc2ccccc21. The number of hydrogen-bond acceptors (Lipinski definition) is 3. The van der Waals surface area contributed by atoms with Crippen LogP contribution in [0.15, 0.2) is 24.3 Å².